The SMILES string of the molecule is Cc1c(C#N)cc([N+](=O)[O-])cc1C#N. The van der Waals surface area contributed by atoms with Crippen molar-refractivity contribution >= 4 is 5.69 Å². The van der Waals surface area contributed by atoms with E-state index in [9.17, 15) is 10.1 Å². The molecule has 0 unspecified atom stereocenters. The molecule has 5 nitrogen and oxygen atoms in total. The molecule has 0 bridgehead atoms. The lowest BCUT2D eigenvalue weighted by atomic mass is 10.0. The molecular formula is C9H5N3O2. The number of non-ortho nitro benzene ring substituents is 1. The van der Waals surface area contributed by atoms with Gasteiger partial charge in [0.2, 0.25) is 0 Å². The highest BCUT2D eigenvalue weighted by molar-refractivity contribution is 5.54. The molecule has 68 valence electrons. The van der Waals surface area contributed by atoms with Crippen molar-refractivity contribution in [3.05, 3.63) is 38.9 Å². The molecule has 0 spiro atoms. The normalized spacial score (nSPS) is 8.79. The fraction of sp³-hybridized carbons (Fsp3) is 0.111. The zero-order valence-electron chi connectivity index (χ0n) is 7.31. The van der Waals surface area contributed by atoms with Crippen LogP contribution in [0.15, 0.2) is 12.1 Å². The van der Waals surface area contributed by atoms with E-state index in [1.165, 1.54) is 0 Å². The summed E-state index contributed by atoms with van der Waals surface area (Å²) in [6, 6.07) is 5.95. The number of nitrogens with zero attached hydrogens (tertiary/aromatic N) is 3. The van der Waals surface area contributed by atoms with Crippen LogP contribution < -0.4 is 0 Å². The molecule has 0 aromatic heterocycles. The molecule has 0 fully saturated rings. The van der Waals surface area contributed by atoms with Crippen molar-refractivity contribution in [2.75, 3.05) is 0 Å². The third-order valence-electron chi connectivity index (χ3n) is 1.84. The summed E-state index contributed by atoms with van der Waals surface area (Å²) in [5, 5.41) is 27.8. The van der Waals surface area contributed by atoms with E-state index in [4.69, 9.17) is 10.5 Å². The van der Waals surface area contributed by atoms with E-state index < -0.39 is 4.92 Å². The Morgan fingerprint density at radius 2 is 1.71 bits per heavy atom. The molecule has 0 radical (unpaired) electrons. The van der Waals surface area contributed by atoms with Crippen LogP contribution in [0.2, 0.25) is 0 Å². The van der Waals surface area contributed by atoms with Crippen LogP contribution in [0, 0.1) is 39.7 Å². The Kier molecular flexibility index (Phi) is 2.45. The number of benzene rings is 1. The van der Waals surface area contributed by atoms with E-state index in [-0.39, 0.29) is 16.8 Å². The van der Waals surface area contributed by atoms with Crippen LogP contribution >= 0.6 is 0 Å². The fourth-order valence-electron chi connectivity index (χ4n) is 1.04. The summed E-state index contributed by atoms with van der Waals surface area (Å²) in [5.41, 5.74) is 0.566. The summed E-state index contributed by atoms with van der Waals surface area (Å²) in [6.45, 7) is 1.58. The quantitative estimate of drug-likeness (QED) is 0.493. The number of nitro groups is 1. The first kappa shape index (κ1) is 9.69. The molecule has 0 aliphatic carbocycles. The maximum absolute atomic E-state index is 10.4. The molecule has 5 heteroatoms. The Bertz CT molecular complexity index is 445. The molecule has 0 aliphatic heterocycles. The predicted molar refractivity (Wildman–Crippen MR) is 47.3 cm³/mol. The van der Waals surface area contributed by atoms with Gasteiger partial charge in [-0.15, -0.1) is 0 Å². The zero-order valence-corrected chi connectivity index (χ0v) is 7.31. The van der Waals surface area contributed by atoms with Gasteiger partial charge in [-0.05, 0) is 12.5 Å². The Morgan fingerprint density at radius 1 is 1.29 bits per heavy atom. The first-order valence-electron chi connectivity index (χ1n) is 3.69. The third-order valence-corrected chi connectivity index (χ3v) is 1.84. The van der Waals surface area contributed by atoms with Crippen LogP contribution in [0.3, 0.4) is 0 Å². The largest absolute Gasteiger partial charge is 0.272 e. The second-order valence-electron chi connectivity index (χ2n) is 2.65. The van der Waals surface area contributed by atoms with E-state index in [2.05, 4.69) is 0 Å². The van der Waals surface area contributed by atoms with Gasteiger partial charge in [0.15, 0.2) is 0 Å². The maximum Gasteiger partial charge on any atom is 0.272 e. The molecule has 0 aliphatic rings. The minimum atomic E-state index is -0.624. The van der Waals surface area contributed by atoms with Crippen LogP contribution in [0.4, 0.5) is 5.69 Å². The lowest BCUT2D eigenvalue weighted by molar-refractivity contribution is -0.384. The molecule has 1 aromatic rings. The number of rotatable bonds is 1. The van der Waals surface area contributed by atoms with Gasteiger partial charge in [-0.25, -0.2) is 0 Å². The van der Waals surface area contributed by atoms with E-state index >= 15 is 0 Å². The highest BCUT2D eigenvalue weighted by atomic mass is 16.6. The zero-order chi connectivity index (χ0) is 10.7. The van der Waals surface area contributed by atoms with Crippen molar-refractivity contribution in [2.24, 2.45) is 0 Å². The first-order valence-corrected chi connectivity index (χ1v) is 3.69. The van der Waals surface area contributed by atoms with Crippen molar-refractivity contribution in [2.45, 2.75) is 6.92 Å². The second-order valence-corrected chi connectivity index (χ2v) is 2.65. The van der Waals surface area contributed by atoms with Crippen molar-refractivity contribution in [1.29, 1.82) is 10.5 Å². The molecule has 1 aromatic carbocycles. The summed E-state index contributed by atoms with van der Waals surface area (Å²) in [6.07, 6.45) is 0. The van der Waals surface area contributed by atoms with Gasteiger partial charge in [0, 0.05) is 12.1 Å². The maximum atomic E-state index is 10.4. The van der Waals surface area contributed by atoms with Crippen molar-refractivity contribution in [1.82, 2.24) is 0 Å². The Hall–Kier alpha value is -2.40. The summed E-state index contributed by atoms with van der Waals surface area (Å²) in [5.74, 6) is 0. The summed E-state index contributed by atoms with van der Waals surface area (Å²) in [7, 11) is 0. The van der Waals surface area contributed by atoms with Crippen molar-refractivity contribution in [3.8, 4) is 12.1 Å². The summed E-state index contributed by atoms with van der Waals surface area (Å²) < 4.78 is 0. The van der Waals surface area contributed by atoms with Gasteiger partial charge in [0.1, 0.15) is 0 Å². The summed E-state index contributed by atoms with van der Waals surface area (Å²) in [4.78, 5) is 9.81. The van der Waals surface area contributed by atoms with Gasteiger partial charge in [-0.3, -0.25) is 10.1 Å². The van der Waals surface area contributed by atoms with Crippen molar-refractivity contribution in [3.63, 3.8) is 0 Å². The van der Waals surface area contributed by atoms with Gasteiger partial charge >= 0.3 is 0 Å². The lowest BCUT2D eigenvalue weighted by Gasteiger charge is -1.99. The number of hydrogen-bond donors (Lipinski definition) is 0. The van der Waals surface area contributed by atoms with E-state index in [1.54, 1.807) is 6.92 Å². The lowest BCUT2D eigenvalue weighted by Crippen LogP contribution is -1.94. The average molecular weight is 187 g/mol. The highest BCUT2D eigenvalue weighted by Gasteiger charge is 2.13. The topological polar surface area (TPSA) is 90.7 Å². The molecular weight excluding hydrogens is 182 g/mol. The van der Waals surface area contributed by atoms with E-state index in [0.717, 1.165) is 12.1 Å². The molecule has 0 atom stereocenters. The van der Waals surface area contributed by atoms with E-state index in [1.807, 2.05) is 12.1 Å². The highest BCUT2D eigenvalue weighted by Crippen LogP contribution is 2.20. The molecule has 0 amide bonds. The van der Waals surface area contributed by atoms with Crippen LogP contribution in [0.1, 0.15) is 16.7 Å². The third kappa shape index (κ3) is 1.52. The van der Waals surface area contributed by atoms with Crippen LogP contribution in [-0.4, -0.2) is 4.92 Å². The van der Waals surface area contributed by atoms with Gasteiger partial charge in [0.05, 0.1) is 28.2 Å². The Labute approximate surface area is 80.0 Å². The number of hydrogen-bond acceptors (Lipinski definition) is 4. The Balaban J connectivity index is 3.51. The Morgan fingerprint density at radius 3 is 2.00 bits per heavy atom. The van der Waals surface area contributed by atoms with Crippen LogP contribution in [0.25, 0.3) is 0 Å². The molecule has 14 heavy (non-hydrogen) atoms. The standard InChI is InChI=1S/C9H5N3O2/c1-6-7(4-10)2-9(12(13)14)3-8(6)5-11/h2-3H,1H3. The van der Waals surface area contributed by atoms with Gasteiger partial charge in [0.25, 0.3) is 5.69 Å². The minimum absolute atomic E-state index is 0.163. The molecule has 1 rings (SSSR count). The monoisotopic (exact) mass is 187 g/mol. The molecule has 0 N–H and O–H groups in total. The molecule has 0 saturated heterocycles. The smallest absolute Gasteiger partial charge is 0.258 e. The number of nitriles is 2. The van der Waals surface area contributed by atoms with Crippen LogP contribution in [0.5, 0.6) is 0 Å². The van der Waals surface area contributed by atoms with Crippen molar-refractivity contribution < 1.29 is 4.92 Å². The molecule has 0 heterocycles. The second kappa shape index (κ2) is 3.55. The van der Waals surface area contributed by atoms with Gasteiger partial charge in [-0.2, -0.15) is 10.5 Å². The number of nitro benzene ring substituents is 1. The predicted octanol–water partition coefficient (Wildman–Crippen LogP) is 1.65. The molecule has 0 saturated carbocycles. The van der Waals surface area contributed by atoms with Gasteiger partial charge < -0.3 is 0 Å². The minimum Gasteiger partial charge on any atom is -0.258 e. The average Bonchev–Trinajstić information content (AvgIpc) is 2.17. The fourth-order valence-corrected chi connectivity index (χ4v) is 1.04. The summed E-state index contributed by atoms with van der Waals surface area (Å²) >= 11 is 0. The first-order chi connectivity index (χ1) is 6.60. The van der Waals surface area contributed by atoms with Crippen LogP contribution in [-0.2, 0) is 0 Å². The van der Waals surface area contributed by atoms with E-state index in [0.29, 0.717) is 5.56 Å². The van der Waals surface area contributed by atoms with Gasteiger partial charge in [-0.1, -0.05) is 0 Å².